The molecule has 0 fully saturated rings. The molecule has 0 saturated carbocycles. The normalized spacial score (nSPS) is 11.3. The number of ether oxygens (including phenoxy) is 4. The van der Waals surface area contributed by atoms with Gasteiger partial charge in [-0.25, -0.2) is 14.4 Å². The first-order valence-electron chi connectivity index (χ1n) is 6.94. The smallest absolute Gasteiger partial charge is 0.370 e. The lowest BCUT2D eigenvalue weighted by atomic mass is 10.3. The van der Waals surface area contributed by atoms with E-state index in [-0.39, 0.29) is 0 Å². The van der Waals surface area contributed by atoms with Crippen molar-refractivity contribution in [3.05, 3.63) is 41.7 Å². The molecule has 0 bridgehead atoms. The molecule has 0 N–H and O–H groups in total. The molecule has 0 radical (unpaired) electrons. The van der Waals surface area contributed by atoms with E-state index in [1.807, 2.05) is 0 Å². The minimum absolute atomic E-state index is 0.309. The number of aromatic nitrogens is 3. The van der Waals surface area contributed by atoms with Crippen LogP contribution >= 0.6 is 0 Å². The molecule has 2 aromatic rings. The van der Waals surface area contributed by atoms with E-state index in [1.54, 1.807) is 30.3 Å². The molecule has 0 saturated heterocycles. The van der Waals surface area contributed by atoms with Crippen LogP contribution < -0.4 is 4.74 Å². The van der Waals surface area contributed by atoms with Gasteiger partial charge in [-0.2, -0.15) is 4.68 Å². The maximum atomic E-state index is 12.1. The Hall–Kier alpha value is -3.43. The summed E-state index contributed by atoms with van der Waals surface area (Å²) in [5, 5.41) is 7.24. The van der Waals surface area contributed by atoms with Crippen molar-refractivity contribution in [1.29, 1.82) is 0 Å². The first-order chi connectivity index (χ1) is 12.0. The largest absolute Gasteiger partial charge is 0.465 e. The highest BCUT2D eigenvalue weighted by molar-refractivity contribution is 6.00. The Morgan fingerprint density at radius 3 is 2.16 bits per heavy atom. The molecule has 10 nitrogen and oxygen atoms in total. The van der Waals surface area contributed by atoms with Crippen LogP contribution in [0.1, 0.15) is 27.2 Å². The summed E-state index contributed by atoms with van der Waals surface area (Å²) in [6.45, 7) is 0. The molecule has 25 heavy (non-hydrogen) atoms. The highest BCUT2D eigenvalue weighted by atomic mass is 16.6. The third kappa shape index (κ3) is 3.74. The van der Waals surface area contributed by atoms with Crippen molar-refractivity contribution in [2.45, 2.75) is 6.23 Å². The molecule has 0 aliphatic rings. The molecule has 1 aromatic carbocycles. The van der Waals surface area contributed by atoms with E-state index in [4.69, 9.17) is 4.74 Å². The van der Waals surface area contributed by atoms with Crippen molar-refractivity contribution in [3.63, 3.8) is 0 Å². The van der Waals surface area contributed by atoms with Gasteiger partial charge in [0.2, 0.25) is 5.69 Å². The molecule has 1 atom stereocenters. The molecule has 1 unspecified atom stereocenters. The summed E-state index contributed by atoms with van der Waals surface area (Å²) in [5.41, 5.74) is -0.819. The van der Waals surface area contributed by atoms with Crippen LogP contribution in [0.3, 0.4) is 0 Å². The maximum Gasteiger partial charge on any atom is 0.370 e. The number of hydrogen-bond donors (Lipinski definition) is 0. The summed E-state index contributed by atoms with van der Waals surface area (Å²) in [6, 6.07) is 8.31. The number of carbonyl (C=O) groups excluding carboxylic acids is 3. The van der Waals surface area contributed by atoms with Crippen LogP contribution in [0.4, 0.5) is 0 Å². The van der Waals surface area contributed by atoms with E-state index in [0.717, 1.165) is 26.0 Å². The average molecular weight is 349 g/mol. The Bertz CT molecular complexity index is 773. The fraction of sp³-hybridized carbons (Fsp3) is 0.267. The molecule has 0 spiro atoms. The summed E-state index contributed by atoms with van der Waals surface area (Å²) >= 11 is 0. The summed E-state index contributed by atoms with van der Waals surface area (Å²) in [6.07, 6.45) is -1.51. The number of esters is 3. The standard InChI is InChI=1S/C15H15N3O7/c1-22-13(19)10-11(14(20)23-2)18(17-16-10)12(15(21)24-3)25-9-7-5-4-6-8-9/h4-8,12H,1-3H3. The maximum absolute atomic E-state index is 12.1. The van der Waals surface area contributed by atoms with Crippen molar-refractivity contribution >= 4 is 17.9 Å². The Balaban J connectivity index is 2.53. The fourth-order valence-electron chi connectivity index (χ4n) is 1.91. The molecular formula is C15H15N3O7. The van der Waals surface area contributed by atoms with E-state index >= 15 is 0 Å². The predicted octanol–water partition coefficient (Wildman–Crippen LogP) is 0.602. The Morgan fingerprint density at radius 1 is 0.960 bits per heavy atom. The van der Waals surface area contributed by atoms with E-state index in [2.05, 4.69) is 24.5 Å². The number of rotatable bonds is 6. The average Bonchev–Trinajstić information content (AvgIpc) is 3.09. The molecule has 132 valence electrons. The van der Waals surface area contributed by atoms with Crippen LogP contribution in [0, 0.1) is 0 Å². The van der Waals surface area contributed by atoms with Gasteiger partial charge < -0.3 is 18.9 Å². The highest BCUT2D eigenvalue weighted by Crippen LogP contribution is 2.21. The van der Waals surface area contributed by atoms with Gasteiger partial charge in [-0.3, -0.25) is 0 Å². The van der Waals surface area contributed by atoms with E-state index < -0.39 is 35.5 Å². The van der Waals surface area contributed by atoms with Gasteiger partial charge in [0.25, 0.3) is 6.23 Å². The first kappa shape index (κ1) is 17.9. The molecule has 1 aromatic heterocycles. The van der Waals surface area contributed by atoms with Gasteiger partial charge >= 0.3 is 17.9 Å². The Kier molecular flexibility index (Phi) is 5.66. The van der Waals surface area contributed by atoms with Gasteiger partial charge in [-0.15, -0.1) is 5.10 Å². The van der Waals surface area contributed by atoms with Crippen LogP contribution in [-0.4, -0.2) is 54.2 Å². The third-order valence-electron chi connectivity index (χ3n) is 3.07. The predicted molar refractivity (Wildman–Crippen MR) is 80.8 cm³/mol. The minimum Gasteiger partial charge on any atom is -0.465 e. The number of nitrogens with zero attached hydrogens (tertiary/aromatic N) is 3. The lowest BCUT2D eigenvalue weighted by Gasteiger charge is -2.18. The SMILES string of the molecule is COC(=O)c1nnn(C(Oc2ccccc2)C(=O)OC)c1C(=O)OC. The monoisotopic (exact) mass is 349 g/mol. The van der Waals surface area contributed by atoms with E-state index in [0.29, 0.717) is 5.75 Å². The van der Waals surface area contributed by atoms with Crippen molar-refractivity contribution in [3.8, 4) is 5.75 Å². The highest BCUT2D eigenvalue weighted by Gasteiger charge is 2.35. The van der Waals surface area contributed by atoms with Crippen molar-refractivity contribution in [2.75, 3.05) is 21.3 Å². The quantitative estimate of drug-likeness (QED) is 0.545. The molecule has 0 amide bonds. The molecule has 0 aliphatic carbocycles. The van der Waals surface area contributed by atoms with Gasteiger partial charge in [0.15, 0.2) is 5.69 Å². The van der Waals surface area contributed by atoms with Crippen LogP contribution in [-0.2, 0) is 19.0 Å². The second-order valence-electron chi connectivity index (χ2n) is 4.52. The Morgan fingerprint density at radius 2 is 1.60 bits per heavy atom. The van der Waals surface area contributed by atoms with E-state index in [9.17, 15) is 14.4 Å². The van der Waals surface area contributed by atoms with Crippen LogP contribution in [0.2, 0.25) is 0 Å². The van der Waals surface area contributed by atoms with Crippen LogP contribution in [0.5, 0.6) is 5.75 Å². The third-order valence-corrected chi connectivity index (χ3v) is 3.07. The van der Waals surface area contributed by atoms with Crippen molar-refractivity contribution in [2.24, 2.45) is 0 Å². The minimum atomic E-state index is -1.51. The Labute approximate surface area is 142 Å². The number of methoxy groups -OCH3 is 3. The molecule has 1 heterocycles. The zero-order chi connectivity index (χ0) is 18.4. The lowest BCUT2D eigenvalue weighted by molar-refractivity contribution is -0.154. The summed E-state index contributed by atoms with van der Waals surface area (Å²) < 4.78 is 20.2. The molecular weight excluding hydrogens is 334 g/mol. The van der Waals surface area contributed by atoms with Crippen LogP contribution in [0.15, 0.2) is 30.3 Å². The van der Waals surface area contributed by atoms with Gasteiger partial charge in [0.05, 0.1) is 21.3 Å². The molecule has 10 heteroatoms. The number of hydrogen-bond acceptors (Lipinski definition) is 9. The molecule has 2 rings (SSSR count). The van der Waals surface area contributed by atoms with Gasteiger partial charge in [-0.1, -0.05) is 23.4 Å². The molecule has 0 aliphatic heterocycles. The van der Waals surface area contributed by atoms with Crippen molar-refractivity contribution in [1.82, 2.24) is 15.0 Å². The topological polar surface area (TPSA) is 119 Å². The zero-order valence-electron chi connectivity index (χ0n) is 13.7. The second kappa shape index (κ2) is 7.90. The lowest BCUT2D eigenvalue weighted by Crippen LogP contribution is -2.30. The van der Waals surface area contributed by atoms with Crippen molar-refractivity contribution < 1.29 is 33.3 Å². The van der Waals surface area contributed by atoms with E-state index in [1.165, 1.54) is 0 Å². The van der Waals surface area contributed by atoms with Gasteiger partial charge in [0.1, 0.15) is 5.75 Å². The summed E-state index contributed by atoms with van der Waals surface area (Å²) in [7, 11) is 3.35. The number of carbonyl (C=O) groups is 3. The van der Waals surface area contributed by atoms with Gasteiger partial charge in [-0.05, 0) is 12.1 Å². The first-order valence-corrected chi connectivity index (χ1v) is 6.94. The number of benzene rings is 1. The fourth-order valence-corrected chi connectivity index (χ4v) is 1.91. The second-order valence-corrected chi connectivity index (χ2v) is 4.52. The number of para-hydroxylation sites is 1. The zero-order valence-corrected chi connectivity index (χ0v) is 13.7. The summed E-state index contributed by atoms with van der Waals surface area (Å²) in [5.74, 6) is -2.43. The van der Waals surface area contributed by atoms with Crippen LogP contribution in [0.25, 0.3) is 0 Å². The summed E-state index contributed by atoms with van der Waals surface area (Å²) in [4.78, 5) is 36.0. The van der Waals surface area contributed by atoms with Gasteiger partial charge in [0, 0.05) is 0 Å².